The van der Waals surface area contributed by atoms with Gasteiger partial charge in [-0.1, -0.05) is 12.1 Å². The van der Waals surface area contributed by atoms with Crippen LogP contribution < -0.4 is 16.7 Å². The highest BCUT2D eigenvalue weighted by atomic mass is 16.5. The van der Waals surface area contributed by atoms with E-state index < -0.39 is 6.10 Å². The number of fused-ring (bicyclic) bond motifs is 1. The van der Waals surface area contributed by atoms with E-state index in [0.29, 0.717) is 26.1 Å². The van der Waals surface area contributed by atoms with Gasteiger partial charge in [-0.15, -0.1) is 0 Å². The number of H-pyrrole nitrogens is 1. The molecule has 4 N–H and O–H groups in total. The van der Waals surface area contributed by atoms with E-state index in [1.54, 1.807) is 4.57 Å². The minimum Gasteiger partial charge on any atom is -0.364 e. The van der Waals surface area contributed by atoms with Gasteiger partial charge < -0.3 is 20.8 Å². The van der Waals surface area contributed by atoms with E-state index in [-0.39, 0.29) is 17.7 Å². The molecule has 0 aliphatic carbocycles. The van der Waals surface area contributed by atoms with Gasteiger partial charge in [0, 0.05) is 19.6 Å². The molecule has 118 valence electrons. The Kier molecular flexibility index (Phi) is 4.26. The highest BCUT2D eigenvalue weighted by Crippen LogP contribution is 2.18. The van der Waals surface area contributed by atoms with E-state index in [1.807, 2.05) is 24.3 Å². The third-order valence-corrected chi connectivity index (χ3v) is 3.98. The smallest absolute Gasteiger partial charge is 0.326 e. The van der Waals surface area contributed by atoms with Crippen LogP contribution >= 0.6 is 0 Å². The van der Waals surface area contributed by atoms with Crippen molar-refractivity contribution in [2.75, 3.05) is 13.1 Å². The maximum atomic E-state index is 12.0. The Labute approximate surface area is 127 Å². The highest BCUT2D eigenvalue weighted by molar-refractivity contribution is 5.81. The normalized spacial score (nSPS) is 21.3. The second-order valence-electron chi connectivity index (χ2n) is 5.45. The number of nitrogens with zero attached hydrogens (tertiary/aromatic N) is 1. The predicted octanol–water partition coefficient (Wildman–Crippen LogP) is -0.0479. The molecule has 1 aliphatic rings. The first-order valence-electron chi connectivity index (χ1n) is 7.50. The summed E-state index contributed by atoms with van der Waals surface area (Å²) in [5.41, 5.74) is 6.99. The summed E-state index contributed by atoms with van der Waals surface area (Å²) in [6.07, 6.45) is 1.07. The first-order chi connectivity index (χ1) is 10.7. The predicted molar refractivity (Wildman–Crippen MR) is 82.5 cm³/mol. The molecule has 1 amide bonds. The Balaban J connectivity index is 1.57. The second-order valence-corrected chi connectivity index (χ2v) is 5.45. The van der Waals surface area contributed by atoms with Crippen molar-refractivity contribution in [3.05, 3.63) is 34.7 Å². The summed E-state index contributed by atoms with van der Waals surface area (Å²) in [6.45, 7) is 1.24. The van der Waals surface area contributed by atoms with Crippen molar-refractivity contribution in [1.29, 1.82) is 0 Å². The van der Waals surface area contributed by atoms with Crippen LogP contribution in [0, 0.1) is 0 Å². The Morgan fingerprint density at radius 1 is 1.41 bits per heavy atom. The minimum absolute atomic E-state index is 0.0213. The number of ether oxygens (including phenoxy) is 1. The number of carbonyl (C=O) groups is 1. The Hall–Kier alpha value is -2.12. The maximum absolute atomic E-state index is 12.0. The number of nitrogens with two attached hydrogens (primary N) is 1. The van der Waals surface area contributed by atoms with Gasteiger partial charge in [-0.05, 0) is 25.0 Å². The first-order valence-corrected chi connectivity index (χ1v) is 7.50. The number of amides is 1. The number of hydrogen-bond donors (Lipinski definition) is 3. The molecule has 2 aromatic rings. The number of aromatic amines is 1. The number of benzene rings is 1. The summed E-state index contributed by atoms with van der Waals surface area (Å²) < 4.78 is 7.16. The van der Waals surface area contributed by atoms with Gasteiger partial charge in [0.05, 0.1) is 17.1 Å². The van der Waals surface area contributed by atoms with Crippen LogP contribution in [0.5, 0.6) is 0 Å². The fourth-order valence-electron chi connectivity index (χ4n) is 2.81. The molecule has 1 aromatic carbocycles. The molecule has 3 rings (SSSR count). The molecule has 2 atom stereocenters. The summed E-state index contributed by atoms with van der Waals surface area (Å²) >= 11 is 0. The fraction of sp³-hybridized carbons (Fsp3) is 0.467. The number of para-hydroxylation sites is 2. The van der Waals surface area contributed by atoms with E-state index in [0.717, 1.165) is 17.5 Å². The summed E-state index contributed by atoms with van der Waals surface area (Å²) in [6, 6.07) is 7.48. The van der Waals surface area contributed by atoms with Crippen LogP contribution in [0.4, 0.5) is 0 Å². The van der Waals surface area contributed by atoms with Crippen molar-refractivity contribution >= 4 is 16.9 Å². The van der Waals surface area contributed by atoms with Crippen molar-refractivity contribution in [2.45, 2.75) is 31.6 Å². The van der Waals surface area contributed by atoms with Crippen LogP contribution in [-0.4, -0.2) is 40.8 Å². The standard InChI is InChI=1S/C15H20N4O3/c16-9-10-5-6-13(22-10)14(20)17-7-8-19-12-4-2-1-3-11(12)18-15(19)21/h1-4,10,13H,5-9,16H2,(H,17,20)(H,18,21)/t10-,13+/m1/s1. The number of nitrogens with one attached hydrogen (secondary N) is 2. The van der Waals surface area contributed by atoms with Crippen molar-refractivity contribution in [3.8, 4) is 0 Å². The van der Waals surface area contributed by atoms with Gasteiger partial charge in [0.1, 0.15) is 6.10 Å². The highest BCUT2D eigenvalue weighted by Gasteiger charge is 2.29. The molecule has 1 saturated heterocycles. The number of aromatic nitrogens is 2. The molecular weight excluding hydrogens is 284 g/mol. The van der Waals surface area contributed by atoms with Gasteiger partial charge >= 0.3 is 5.69 Å². The number of imidazole rings is 1. The lowest BCUT2D eigenvalue weighted by molar-refractivity contribution is -0.131. The molecule has 0 bridgehead atoms. The average Bonchev–Trinajstić information content (AvgIpc) is 3.12. The molecule has 1 aliphatic heterocycles. The van der Waals surface area contributed by atoms with Gasteiger partial charge in [-0.2, -0.15) is 0 Å². The molecular formula is C15H20N4O3. The van der Waals surface area contributed by atoms with Crippen LogP contribution in [0.3, 0.4) is 0 Å². The number of hydrogen-bond acceptors (Lipinski definition) is 4. The lowest BCUT2D eigenvalue weighted by atomic mass is 10.2. The van der Waals surface area contributed by atoms with Crippen molar-refractivity contribution < 1.29 is 9.53 Å². The minimum atomic E-state index is -0.423. The van der Waals surface area contributed by atoms with Crippen molar-refractivity contribution in [2.24, 2.45) is 5.73 Å². The van der Waals surface area contributed by atoms with E-state index in [9.17, 15) is 9.59 Å². The molecule has 7 heteroatoms. The Morgan fingerprint density at radius 3 is 3.00 bits per heavy atom. The van der Waals surface area contributed by atoms with Crippen LogP contribution in [0.25, 0.3) is 11.0 Å². The van der Waals surface area contributed by atoms with Crippen LogP contribution in [0.2, 0.25) is 0 Å². The SMILES string of the molecule is NC[C@H]1CC[C@@H](C(=O)NCCn2c(=O)[nH]c3ccccc32)O1. The summed E-state index contributed by atoms with van der Waals surface area (Å²) in [5, 5.41) is 2.82. The number of carbonyl (C=O) groups excluding carboxylic acids is 1. The molecule has 2 heterocycles. The lowest BCUT2D eigenvalue weighted by Crippen LogP contribution is -2.37. The zero-order chi connectivity index (χ0) is 15.5. The molecule has 0 spiro atoms. The van der Waals surface area contributed by atoms with Gasteiger partial charge in [0.15, 0.2) is 0 Å². The summed E-state index contributed by atoms with van der Waals surface area (Å²) in [7, 11) is 0. The van der Waals surface area contributed by atoms with E-state index >= 15 is 0 Å². The molecule has 0 unspecified atom stereocenters. The van der Waals surface area contributed by atoms with Gasteiger partial charge in [0.25, 0.3) is 0 Å². The largest absolute Gasteiger partial charge is 0.364 e. The van der Waals surface area contributed by atoms with Crippen LogP contribution in [-0.2, 0) is 16.1 Å². The third kappa shape index (κ3) is 2.90. The van der Waals surface area contributed by atoms with E-state index in [1.165, 1.54) is 0 Å². The first kappa shape index (κ1) is 14.8. The maximum Gasteiger partial charge on any atom is 0.326 e. The average molecular weight is 304 g/mol. The molecule has 0 radical (unpaired) electrons. The Morgan fingerprint density at radius 2 is 2.23 bits per heavy atom. The van der Waals surface area contributed by atoms with Crippen molar-refractivity contribution in [1.82, 2.24) is 14.9 Å². The molecule has 0 saturated carbocycles. The van der Waals surface area contributed by atoms with Gasteiger partial charge in [0.2, 0.25) is 5.91 Å². The summed E-state index contributed by atoms with van der Waals surface area (Å²) in [4.78, 5) is 26.7. The zero-order valence-electron chi connectivity index (χ0n) is 12.2. The van der Waals surface area contributed by atoms with Crippen molar-refractivity contribution in [3.63, 3.8) is 0 Å². The quantitative estimate of drug-likeness (QED) is 0.721. The Bertz CT molecular complexity index is 721. The fourth-order valence-corrected chi connectivity index (χ4v) is 2.81. The molecule has 22 heavy (non-hydrogen) atoms. The topological polar surface area (TPSA) is 102 Å². The number of rotatable bonds is 5. The van der Waals surface area contributed by atoms with E-state index in [4.69, 9.17) is 10.5 Å². The molecule has 1 aromatic heterocycles. The second kappa shape index (κ2) is 6.33. The lowest BCUT2D eigenvalue weighted by Gasteiger charge is -2.12. The summed E-state index contributed by atoms with van der Waals surface area (Å²) in [5.74, 6) is -0.135. The zero-order valence-corrected chi connectivity index (χ0v) is 12.2. The van der Waals surface area contributed by atoms with Crippen LogP contribution in [0.1, 0.15) is 12.8 Å². The van der Waals surface area contributed by atoms with E-state index in [2.05, 4.69) is 10.3 Å². The third-order valence-electron chi connectivity index (χ3n) is 3.98. The van der Waals surface area contributed by atoms with Crippen LogP contribution in [0.15, 0.2) is 29.1 Å². The molecule has 1 fully saturated rings. The monoisotopic (exact) mass is 304 g/mol. The van der Waals surface area contributed by atoms with Gasteiger partial charge in [-0.3, -0.25) is 9.36 Å². The van der Waals surface area contributed by atoms with Gasteiger partial charge in [-0.25, -0.2) is 4.79 Å². The molecule has 7 nitrogen and oxygen atoms in total.